The van der Waals surface area contributed by atoms with Crippen LogP contribution < -0.4 is 0 Å². The van der Waals surface area contributed by atoms with E-state index in [1.165, 1.54) is 10.8 Å². The van der Waals surface area contributed by atoms with Gasteiger partial charge in [-0.25, -0.2) is 9.97 Å². The van der Waals surface area contributed by atoms with Gasteiger partial charge < -0.3 is 0 Å². The molecule has 2 aromatic heterocycles. The minimum absolute atomic E-state index is 0.722. The lowest BCUT2D eigenvalue weighted by Gasteiger charge is -2.11. The number of rotatable bonds is 3. The molecule has 3 heteroatoms. The molecule has 0 unspecified atom stereocenters. The van der Waals surface area contributed by atoms with Crippen LogP contribution in [0.2, 0.25) is 0 Å². The largest absolute Gasteiger partial charge is 0.256 e. The van der Waals surface area contributed by atoms with Gasteiger partial charge in [-0.3, -0.25) is 4.98 Å². The molecule has 0 N–H and O–H groups in total. The third-order valence-corrected chi connectivity index (χ3v) is 6.70. The van der Waals surface area contributed by atoms with E-state index in [9.17, 15) is 0 Å². The van der Waals surface area contributed by atoms with Crippen LogP contribution in [-0.2, 0) is 0 Å². The smallest absolute Gasteiger partial charge is 0.160 e. The van der Waals surface area contributed by atoms with Gasteiger partial charge in [-0.1, -0.05) is 103 Å². The molecule has 0 spiro atoms. The highest BCUT2D eigenvalue weighted by molar-refractivity contribution is 6.06. The monoisotopic (exact) mass is 459 g/mol. The summed E-state index contributed by atoms with van der Waals surface area (Å²) in [4.78, 5) is 14.7. The summed E-state index contributed by atoms with van der Waals surface area (Å²) in [6.45, 7) is 0. The number of hydrogen-bond donors (Lipinski definition) is 0. The van der Waals surface area contributed by atoms with Gasteiger partial charge in [-0.05, 0) is 34.7 Å². The Morgan fingerprint density at radius 3 is 2.06 bits per heavy atom. The van der Waals surface area contributed by atoms with E-state index >= 15 is 0 Å². The molecule has 0 radical (unpaired) electrons. The topological polar surface area (TPSA) is 38.7 Å². The summed E-state index contributed by atoms with van der Waals surface area (Å²) in [6, 6.07) is 41.9. The second-order valence-corrected chi connectivity index (χ2v) is 8.94. The van der Waals surface area contributed by atoms with Crippen molar-refractivity contribution in [2.24, 2.45) is 0 Å². The molecule has 0 amide bonds. The van der Waals surface area contributed by atoms with Crippen molar-refractivity contribution >= 4 is 32.6 Å². The highest BCUT2D eigenvalue weighted by atomic mass is 14.9. The zero-order chi connectivity index (χ0) is 23.9. The Hall–Kier alpha value is -4.89. The van der Waals surface area contributed by atoms with E-state index in [4.69, 9.17) is 15.0 Å². The van der Waals surface area contributed by atoms with E-state index in [0.717, 1.165) is 55.6 Å². The lowest BCUT2D eigenvalue weighted by atomic mass is 9.99. The molecule has 0 fully saturated rings. The van der Waals surface area contributed by atoms with E-state index in [2.05, 4.69) is 84.9 Å². The van der Waals surface area contributed by atoms with Crippen molar-refractivity contribution < 1.29 is 0 Å². The fraction of sp³-hybridized carbons (Fsp3) is 0. The van der Waals surface area contributed by atoms with Crippen molar-refractivity contribution in [1.82, 2.24) is 15.0 Å². The molecule has 0 saturated heterocycles. The first-order valence-corrected chi connectivity index (χ1v) is 12.0. The maximum absolute atomic E-state index is 5.04. The van der Waals surface area contributed by atoms with Gasteiger partial charge in [0.25, 0.3) is 0 Å². The van der Waals surface area contributed by atoms with Gasteiger partial charge in [-0.15, -0.1) is 0 Å². The first-order chi connectivity index (χ1) is 17.8. The molecular formula is C33H21N3. The van der Waals surface area contributed by atoms with Crippen LogP contribution in [0.4, 0.5) is 0 Å². The summed E-state index contributed by atoms with van der Waals surface area (Å²) in [5, 5.41) is 4.60. The van der Waals surface area contributed by atoms with Crippen molar-refractivity contribution in [1.29, 1.82) is 0 Å². The molecule has 0 bridgehead atoms. The Morgan fingerprint density at radius 1 is 0.417 bits per heavy atom. The number of hydrogen-bond acceptors (Lipinski definition) is 3. The average Bonchev–Trinajstić information content (AvgIpc) is 2.96. The number of nitrogens with zero attached hydrogens (tertiary/aromatic N) is 3. The van der Waals surface area contributed by atoms with E-state index in [0.29, 0.717) is 0 Å². The fourth-order valence-corrected chi connectivity index (χ4v) is 4.90. The molecule has 36 heavy (non-hydrogen) atoms. The van der Waals surface area contributed by atoms with Gasteiger partial charge in [-0.2, -0.15) is 0 Å². The summed E-state index contributed by atoms with van der Waals surface area (Å²) in [7, 11) is 0. The van der Waals surface area contributed by atoms with Crippen molar-refractivity contribution in [3.63, 3.8) is 0 Å². The molecular weight excluding hydrogens is 438 g/mol. The number of para-hydroxylation sites is 1. The van der Waals surface area contributed by atoms with Crippen molar-refractivity contribution in [3.8, 4) is 33.8 Å². The number of benzene rings is 5. The second kappa shape index (κ2) is 8.40. The maximum Gasteiger partial charge on any atom is 0.160 e. The van der Waals surface area contributed by atoms with E-state index in [1.54, 1.807) is 0 Å². The van der Waals surface area contributed by atoms with Crippen LogP contribution in [0.3, 0.4) is 0 Å². The van der Waals surface area contributed by atoms with Crippen LogP contribution >= 0.6 is 0 Å². The van der Waals surface area contributed by atoms with Crippen LogP contribution in [0.1, 0.15) is 0 Å². The standard InChI is InChI=1S/C33H21N3/c1-2-9-22(10-3-1)32-29-15-6-7-16-30(29)35-33(36-32)25-13-8-12-23(19-25)24-17-18-28-27-14-5-4-11-26(27)21-34-31(28)20-24/h1-21H. The van der Waals surface area contributed by atoms with Crippen molar-refractivity contribution in [2.45, 2.75) is 0 Å². The molecule has 7 rings (SSSR count). The molecule has 2 heterocycles. The summed E-state index contributed by atoms with van der Waals surface area (Å²) in [5.74, 6) is 0.722. The van der Waals surface area contributed by atoms with E-state index < -0.39 is 0 Å². The molecule has 0 atom stereocenters. The van der Waals surface area contributed by atoms with Gasteiger partial charge >= 0.3 is 0 Å². The first kappa shape index (κ1) is 20.5. The van der Waals surface area contributed by atoms with Gasteiger partial charge in [0.2, 0.25) is 0 Å². The van der Waals surface area contributed by atoms with Crippen LogP contribution in [0.15, 0.2) is 128 Å². The molecule has 7 aromatic rings. The van der Waals surface area contributed by atoms with Gasteiger partial charge in [0.15, 0.2) is 5.82 Å². The fourth-order valence-electron chi connectivity index (χ4n) is 4.90. The molecule has 5 aromatic carbocycles. The van der Waals surface area contributed by atoms with Gasteiger partial charge in [0.05, 0.1) is 16.7 Å². The number of pyridine rings is 1. The molecule has 0 aliphatic rings. The lowest BCUT2D eigenvalue weighted by molar-refractivity contribution is 1.23. The Labute approximate surface area is 208 Å². The van der Waals surface area contributed by atoms with Gasteiger partial charge in [0, 0.05) is 33.5 Å². The van der Waals surface area contributed by atoms with Crippen LogP contribution in [0, 0.1) is 0 Å². The minimum atomic E-state index is 0.722. The highest BCUT2D eigenvalue weighted by Gasteiger charge is 2.12. The number of fused-ring (bicyclic) bond motifs is 4. The van der Waals surface area contributed by atoms with Crippen molar-refractivity contribution in [3.05, 3.63) is 128 Å². The van der Waals surface area contributed by atoms with E-state index in [1.807, 2.05) is 42.6 Å². The van der Waals surface area contributed by atoms with E-state index in [-0.39, 0.29) is 0 Å². The Morgan fingerprint density at radius 2 is 1.14 bits per heavy atom. The van der Waals surface area contributed by atoms with Gasteiger partial charge in [0.1, 0.15) is 0 Å². The first-order valence-electron chi connectivity index (χ1n) is 12.0. The summed E-state index contributed by atoms with van der Waals surface area (Å²) in [5.41, 5.74) is 7.18. The lowest BCUT2D eigenvalue weighted by Crippen LogP contribution is -1.95. The zero-order valence-electron chi connectivity index (χ0n) is 19.5. The maximum atomic E-state index is 5.04. The molecule has 0 aliphatic heterocycles. The zero-order valence-corrected chi connectivity index (χ0v) is 19.5. The third kappa shape index (κ3) is 3.50. The Balaban J connectivity index is 1.36. The SMILES string of the molecule is c1ccc(-c2nc(-c3cccc(-c4ccc5c(c4)ncc4ccccc45)c3)nc3ccccc23)cc1. The summed E-state index contributed by atoms with van der Waals surface area (Å²) < 4.78 is 0. The molecule has 0 saturated carbocycles. The summed E-state index contributed by atoms with van der Waals surface area (Å²) >= 11 is 0. The second-order valence-electron chi connectivity index (χ2n) is 8.94. The Bertz CT molecular complexity index is 1890. The molecule has 3 nitrogen and oxygen atoms in total. The van der Waals surface area contributed by atoms with Crippen LogP contribution in [0.25, 0.3) is 66.4 Å². The normalized spacial score (nSPS) is 11.3. The Kier molecular flexibility index (Phi) is 4.78. The molecule has 168 valence electrons. The number of aromatic nitrogens is 3. The third-order valence-electron chi connectivity index (χ3n) is 6.70. The van der Waals surface area contributed by atoms with Crippen LogP contribution in [-0.4, -0.2) is 15.0 Å². The average molecular weight is 460 g/mol. The predicted octanol–water partition coefficient (Wildman–Crippen LogP) is 8.33. The van der Waals surface area contributed by atoms with Crippen LogP contribution in [0.5, 0.6) is 0 Å². The van der Waals surface area contributed by atoms with Crippen molar-refractivity contribution in [2.75, 3.05) is 0 Å². The highest BCUT2D eigenvalue weighted by Crippen LogP contribution is 2.32. The molecule has 0 aliphatic carbocycles. The predicted molar refractivity (Wildman–Crippen MR) is 149 cm³/mol. The quantitative estimate of drug-likeness (QED) is 0.249. The summed E-state index contributed by atoms with van der Waals surface area (Å²) in [6.07, 6.45) is 1.95. The minimum Gasteiger partial charge on any atom is -0.256 e.